The number of rotatable bonds is 15. The Bertz CT molecular complexity index is 3590. The molecule has 0 aliphatic carbocycles. The van der Waals surface area contributed by atoms with Gasteiger partial charge in [0.15, 0.2) is 10.1 Å². The van der Waals surface area contributed by atoms with E-state index in [4.69, 9.17) is 89.9 Å². The molecule has 2 aromatic carbocycles. The second-order valence-corrected chi connectivity index (χ2v) is 23.8. The van der Waals surface area contributed by atoms with Crippen molar-refractivity contribution < 1.29 is 193 Å². The van der Waals surface area contributed by atoms with Crippen LogP contribution in [-0.2, 0) is 80.3 Å². The Morgan fingerprint density at radius 3 is 1.32 bits per heavy atom. The van der Waals surface area contributed by atoms with Crippen LogP contribution in [0.5, 0.6) is 0 Å². The van der Waals surface area contributed by atoms with Crippen molar-refractivity contribution in [3.63, 3.8) is 0 Å². The second-order valence-electron chi connectivity index (χ2n) is 21.6. The zero-order chi connectivity index (χ0) is 72.9. The van der Waals surface area contributed by atoms with Crippen molar-refractivity contribution in [1.82, 2.24) is 39.5 Å². The van der Waals surface area contributed by atoms with Gasteiger partial charge in [0.2, 0.25) is 0 Å². The molecule has 2 atom stereocenters. The van der Waals surface area contributed by atoms with Crippen molar-refractivity contribution >= 4 is 80.8 Å². The van der Waals surface area contributed by atoms with Gasteiger partial charge in [0.25, 0.3) is 0 Å². The molecule has 2 aliphatic rings. The number of aliphatic imine (C=N–C) groups is 1. The van der Waals surface area contributed by atoms with Crippen LogP contribution in [-0.4, -0.2) is 267 Å². The summed E-state index contributed by atoms with van der Waals surface area (Å²) in [5, 5.41) is 14.9. The van der Waals surface area contributed by atoms with E-state index in [-0.39, 0.29) is 129 Å². The Labute approximate surface area is 691 Å². The van der Waals surface area contributed by atoms with E-state index in [0.29, 0.717) is 194 Å². The maximum absolute atomic E-state index is 11.4. The second kappa shape index (κ2) is 58.9. The number of isothiocyanates is 1. The Balaban J connectivity index is 0.00000175. The number of carboxylic acid groups (broad SMARTS) is 1. The number of thiocarbonyl (C=S) groups is 2. The molecule has 0 amide bonds. The molecule has 8 rings (SSSR count). The fraction of sp³-hybridized carbons (Fsp3) is 0.441. The standard InChI is InChI=1S/C33H43N5O6S.C33H37N5O6S.CHF3O3S.CO2.3Na.2H2O/c1-26(45)35-28-10-8-27(9-11-28)32(30-6-2-3-12-34-30)38-15-19-43-23-21-41-17-13-37(14-18-42-22-24-44-20-16-38)25-29-5-4-7-31(36-29)33(39)40;39-24-30-4-1-3-29(35-30)23-37-11-15-41-19-21-43-17-13-38(14-18-44-22-20-42-16-12-37)33(32-6-2-5-31(25-40)36-32)27-7-9-28(10-8-27)34-26-45;2-1(3,4)8(5,6)7;2-1-3;;;;;/h2-12,32H,13-25H2,1H3,(H,35,45)(H,39,40);1-10,33H,11-23H2;(H,5,6,7);;;;;2*1H2/q;-2;;;3*+1;;/p-3. The fourth-order valence-electron chi connectivity index (χ4n) is 9.91. The molecule has 29 nitrogen and oxygen atoms in total. The predicted molar refractivity (Wildman–Crippen MR) is 372 cm³/mol. The number of anilines is 1. The number of benzene rings is 2. The molecule has 2 fully saturated rings. The number of nitrogens with zero attached hydrogens (tertiary/aromatic N) is 9. The Kier molecular flexibility index (Phi) is 56.2. The summed E-state index contributed by atoms with van der Waals surface area (Å²) in [6.07, 6.45) is 5.82. The number of alkyl halides is 3. The van der Waals surface area contributed by atoms with Gasteiger partial charge in [-0.25, -0.2) is 18.2 Å². The molecule has 38 heteroatoms. The third-order valence-corrected chi connectivity index (χ3v) is 15.3. The molecule has 106 heavy (non-hydrogen) atoms. The number of halogens is 3. The molecular formula is C68H82F3N10Na3O19S3-2. The molecular weight excluding hydrogens is 1480 g/mol. The fourth-order valence-corrected chi connectivity index (χ4v) is 10.1. The molecule has 2 aliphatic heterocycles. The van der Waals surface area contributed by atoms with Crippen LogP contribution < -0.4 is 94.0 Å². The summed E-state index contributed by atoms with van der Waals surface area (Å²) in [7, 11) is -6.09. The summed E-state index contributed by atoms with van der Waals surface area (Å²) in [4.78, 5) is 81.6. The third-order valence-electron chi connectivity index (χ3n) is 14.6. The van der Waals surface area contributed by atoms with Crippen LogP contribution in [0, 0.1) is 0 Å². The quantitative estimate of drug-likeness (QED) is 0.0261. The summed E-state index contributed by atoms with van der Waals surface area (Å²) in [5.41, 5.74) is 1.80. The molecule has 4 aromatic heterocycles. The minimum Gasteiger partial charge on any atom is -0.870 e. The number of aromatic carboxylic acids is 1. The summed E-state index contributed by atoms with van der Waals surface area (Å²) in [5.74, 6) is -1.04. The van der Waals surface area contributed by atoms with Crippen molar-refractivity contribution in [3.05, 3.63) is 179 Å². The topological polar surface area (TPSA) is 386 Å². The minimum absolute atomic E-state index is 0. The molecule has 0 spiro atoms. The number of ether oxygens (including phenoxy) is 8. The average molecular weight is 1570 g/mol. The van der Waals surface area contributed by atoms with Crippen LogP contribution >= 0.6 is 24.4 Å². The SMILES string of the molecule is CC(=S)Nc1ccc(C(c2ccccn2)N2CCOCCOCCN(Cc3cccc(C(=O)O)n3)CCOCCOCC2)cc1.O=C=O.O=S(=O)([O-])C(F)(F)F.O=[C-]c1cccc(CN2CCOCCOCCN(C(c3ccc(N=C=S)cc3)c3cccc([C-]=O)n3)CCOCCOCC2)n1.[Na+].[Na+].[Na+].[OH-].[OH-]. The first kappa shape index (κ1) is 101. The van der Waals surface area contributed by atoms with Gasteiger partial charge in [-0.3, -0.25) is 34.6 Å². The van der Waals surface area contributed by atoms with E-state index in [1.54, 1.807) is 24.3 Å². The van der Waals surface area contributed by atoms with Crippen LogP contribution in [0.15, 0.2) is 133 Å². The Morgan fingerprint density at radius 2 is 0.943 bits per heavy atom. The van der Waals surface area contributed by atoms with Gasteiger partial charge in [0.1, 0.15) is 5.69 Å². The van der Waals surface area contributed by atoms with Gasteiger partial charge < -0.3 is 73.4 Å². The van der Waals surface area contributed by atoms with Gasteiger partial charge in [0, 0.05) is 95.6 Å². The van der Waals surface area contributed by atoms with Crippen molar-refractivity contribution in [3.8, 4) is 0 Å². The van der Waals surface area contributed by atoms with Crippen LogP contribution in [0.3, 0.4) is 0 Å². The van der Waals surface area contributed by atoms with Crippen LogP contribution in [0.25, 0.3) is 0 Å². The van der Waals surface area contributed by atoms with E-state index in [0.717, 1.165) is 33.2 Å². The first-order valence-electron chi connectivity index (χ1n) is 31.8. The smallest absolute Gasteiger partial charge is 0.870 e. The zero-order valence-corrected chi connectivity index (χ0v) is 67.9. The molecule has 0 saturated carbocycles. The van der Waals surface area contributed by atoms with Gasteiger partial charge in [-0.1, -0.05) is 72.1 Å². The molecule has 0 radical (unpaired) electrons. The monoisotopic (exact) mass is 1560 g/mol. The van der Waals surface area contributed by atoms with Gasteiger partial charge in [0.05, 0.1) is 151 Å². The third kappa shape index (κ3) is 40.7. The molecule has 6 heterocycles. The maximum Gasteiger partial charge on any atom is 1.00 e. The van der Waals surface area contributed by atoms with Crippen LogP contribution in [0.4, 0.5) is 24.5 Å². The first-order chi connectivity index (χ1) is 48.8. The van der Waals surface area contributed by atoms with Crippen LogP contribution in [0.1, 0.15) is 74.8 Å². The number of aromatic nitrogens is 4. The van der Waals surface area contributed by atoms with Crippen molar-refractivity contribution in [2.75, 3.05) is 163 Å². The largest absolute Gasteiger partial charge is 1.00 e. The molecule has 4 N–H and O–H groups in total. The zero-order valence-electron chi connectivity index (χ0n) is 59.4. The summed E-state index contributed by atoms with van der Waals surface area (Å²) in [6.45, 7) is 15.8. The number of carbonyl (C=O) groups excluding carboxylic acids is 4. The average Bonchev–Trinajstić information content (AvgIpc) is 0.826. The summed E-state index contributed by atoms with van der Waals surface area (Å²) >= 11 is 9.96. The van der Waals surface area contributed by atoms with Gasteiger partial charge >= 0.3 is 106 Å². The Hall–Kier alpha value is -4.94. The molecule has 6 aromatic rings. The number of carbonyl (C=O) groups is 1. The molecule has 2 saturated heterocycles. The van der Waals surface area contributed by atoms with Crippen molar-refractivity contribution in [2.24, 2.45) is 4.99 Å². The molecule has 2 unspecified atom stereocenters. The van der Waals surface area contributed by atoms with E-state index in [1.165, 1.54) is 6.07 Å². The van der Waals surface area contributed by atoms with Crippen molar-refractivity contribution in [1.29, 1.82) is 0 Å². The van der Waals surface area contributed by atoms with E-state index >= 15 is 0 Å². The van der Waals surface area contributed by atoms with E-state index in [9.17, 15) is 32.7 Å². The molecule has 562 valence electrons. The van der Waals surface area contributed by atoms with Crippen molar-refractivity contribution in [2.45, 2.75) is 37.6 Å². The van der Waals surface area contributed by atoms with E-state index in [1.807, 2.05) is 98.5 Å². The van der Waals surface area contributed by atoms with Crippen LogP contribution in [0.2, 0.25) is 0 Å². The predicted octanol–water partition coefficient (Wildman–Crippen LogP) is -2.87. The maximum atomic E-state index is 11.4. The van der Waals surface area contributed by atoms with E-state index in [2.05, 4.69) is 68.2 Å². The number of hydrogen-bond acceptors (Lipinski definition) is 29. The van der Waals surface area contributed by atoms with Gasteiger partial charge in [-0.2, -0.15) is 39.9 Å². The number of carboxylic acids is 1. The number of pyridine rings is 4. The summed E-state index contributed by atoms with van der Waals surface area (Å²) in [6, 6.07) is 37.3. The minimum atomic E-state index is -6.09. The number of nitrogens with one attached hydrogen (secondary N) is 1. The van der Waals surface area contributed by atoms with Gasteiger partial charge in [-0.05, 0) is 78.8 Å². The van der Waals surface area contributed by atoms with Gasteiger partial charge in [-0.15, -0.1) is 12.1 Å². The Morgan fingerprint density at radius 1 is 0.575 bits per heavy atom. The summed E-state index contributed by atoms with van der Waals surface area (Å²) < 4.78 is 106. The first-order valence-corrected chi connectivity index (χ1v) is 34.0. The normalized spacial score (nSPS) is 16.2. The molecule has 0 bridgehead atoms. The van der Waals surface area contributed by atoms with E-state index < -0.39 is 21.6 Å². The number of hydrogen-bond donors (Lipinski definition) is 2.